The van der Waals surface area contributed by atoms with E-state index < -0.39 is 0 Å². The Kier molecular flexibility index (Phi) is 4.52. The molecule has 1 aliphatic rings. The summed E-state index contributed by atoms with van der Waals surface area (Å²) in [5.74, 6) is 1.46. The van der Waals surface area contributed by atoms with Crippen molar-refractivity contribution in [3.05, 3.63) is 82.4 Å². The van der Waals surface area contributed by atoms with Gasteiger partial charge < -0.3 is 5.32 Å². The van der Waals surface area contributed by atoms with Gasteiger partial charge in [0.2, 0.25) is 5.91 Å². The molecule has 26 heavy (non-hydrogen) atoms. The number of aromatic amines is 1. The van der Waals surface area contributed by atoms with Gasteiger partial charge in [-0.15, -0.1) is 0 Å². The molecule has 0 atom stereocenters. The van der Waals surface area contributed by atoms with Crippen LogP contribution in [0.2, 0.25) is 0 Å². The smallest absolute Gasteiger partial charge is 0.221 e. The van der Waals surface area contributed by atoms with E-state index in [0.29, 0.717) is 18.8 Å². The van der Waals surface area contributed by atoms with Crippen LogP contribution in [0.15, 0.2) is 48.5 Å². The van der Waals surface area contributed by atoms with Crippen molar-refractivity contribution < 1.29 is 4.79 Å². The predicted molar refractivity (Wildman–Crippen MR) is 99.7 cm³/mol. The van der Waals surface area contributed by atoms with Gasteiger partial charge in [-0.3, -0.25) is 9.89 Å². The van der Waals surface area contributed by atoms with Gasteiger partial charge in [0.1, 0.15) is 5.82 Å². The maximum Gasteiger partial charge on any atom is 0.221 e. The molecule has 0 aliphatic heterocycles. The lowest BCUT2D eigenvalue weighted by atomic mass is 9.85. The van der Waals surface area contributed by atoms with Crippen molar-refractivity contribution in [2.75, 3.05) is 0 Å². The van der Waals surface area contributed by atoms with E-state index in [0.717, 1.165) is 18.7 Å². The summed E-state index contributed by atoms with van der Waals surface area (Å²) >= 11 is 0. The second-order valence-corrected chi connectivity index (χ2v) is 6.77. The van der Waals surface area contributed by atoms with Crippen LogP contribution in [0.5, 0.6) is 0 Å². The minimum atomic E-state index is 0.0176. The zero-order chi connectivity index (χ0) is 17.9. The molecule has 0 radical (unpaired) electrons. The number of carbonyl (C=O) groups excluding carboxylic acids is 1. The number of carbonyl (C=O) groups is 1. The second kappa shape index (κ2) is 7.12. The standard InChI is InChI=1S/C21H22N4O/c1-14-23-20(25-24-14)13-22-21(26)12-19-17-8-4-2-6-15(17)10-11-16-7-3-5-9-18(16)19/h2-9,19H,10-13H2,1H3,(H,22,26)(H,23,24,25). The number of amides is 1. The second-order valence-electron chi connectivity index (χ2n) is 6.77. The van der Waals surface area contributed by atoms with E-state index in [1.165, 1.54) is 22.3 Å². The van der Waals surface area contributed by atoms with Gasteiger partial charge in [-0.05, 0) is 42.0 Å². The number of nitrogens with zero attached hydrogens (tertiary/aromatic N) is 2. The highest BCUT2D eigenvalue weighted by atomic mass is 16.1. The van der Waals surface area contributed by atoms with Crippen molar-refractivity contribution in [2.24, 2.45) is 0 Å². The molecule has 5 heteroatoms. The Hall–Kier alpha value is -2.95. The average molecular weight is 346 g/mol. The molecule has 0 spiro atoms. The Bertz CT molecular complexity index is 884. The van der Waals surface area contributed by atoms with Crippen LogP contribution in [-0.4, -0.2) is 21.1 Å². The molecular weight excluding hydrogens is 324 g/mol. The lowest BCUT2D eigenvalue weighted by Gasteiger charge is -2.20. The average Bonchev–Trinajstić information content (AvgIpc) is 3.02. The Balaban J connectivity index is 1.57. The van der Waals surface area contributed by atoms with Crippen molar-refractivity contribution in [3.8, 4) is 0 Å². The van der Waals surface area contributed by atoms with Crippen molar-refractivity contribution in [3.63, 3.8) is 0 Å². The van der Waals surface area contributed by atoms with Gasteiger partial charge in [0.05, 0.1) is 6.54 Å². The summed E-state index contributed by atoms with van der Waals surface area (Å²) in [7, 11) is 0. The summed E-state index contributed by atoms with van der Waals surface area (Å²) in [6.45, 7) is 2.19. The molecule has 4 rings (SSSR count). The van der Waals surface area contributed by atoms with E-state index in [-0.39, 0.29) is 11.8 Å². The first-order valence-corrected chi connectivity index (χ1v) is 9.01. The molecule has 0 unspecified atom stereocenters. The molecule has 1 heterocycles. The van der Waals surface area contributed by atoms with Gasteiger partial charge in [0.15, 0.2) is 5.82 Å². The molecule has 5 nitrogen and oxygen atoms in total. The number of benzene rings is 2. The lowest BCUT2D eigenvalue weighted by Crippen LogP contribution is -2.25. The number of aromatic nitrogens is 3. The molecule has 1 amide bonds. The van der Waals surface area contributed by atoms with Crippen molar-refractivity contribution in [2.45, 2.75) is 38.6 Å². The molecule has 0 saturated heterocycles. The third-order valence-corrected chi connectivity index (χ3v) is 5.00. The highest BCUT2D eigenvalue weighted by Gasteiger charge is 2.25. The number of hydrogen-bond acceptors (Lipinski definition) is 3. The van der Waals surface area contributed by atoms with Gasteiger partial charge in [0.25, 0.3) is 0 Å². The third kappa shape index (κ3) is 3.38. The Morgan fingerprint density at radius 1 is 1.08 bits per heavy atom. The van der Waals surface area contributed by atoms with Crippen LogP contribution < -0.4 is 5.32 Å². The SMILES string of the molecule is Cc1nc(CNC(=O)CC2c3ccccc3CCc3ccccc32)n[nH]1. The van der Waals surface area contributed by atoms with Crippen molar-refractivity contribution in [1.82, 2.24) is 20.5 Å². The topological polar surface area (TPSA) is 70.7 Å². The molecule has 2 aromatic carbocycles. The Labute approximate surface area is 152 Å². The number of H-pyrrole nitrogens is 1. The van der Waals surface area contributed by atoms with Crippen molar-refractivity contribution in [1.29, 1.82) is 0 Å². The molecule has 2 N–H and O–H groups in total. The van der Waals surface area contributed by atoms with Gasteiger partial charge in [-0.25, -0.2) is 4.98 Å². The normalized spacial score (nSPS) is 13.6. The van der Waals surface area contributed by atoms with E-state index in [4.69, 9.17) is 0 Å². The minimum Gasteiger partial charge on any atom is -0.349 e. The summed E-state index contributed by atoms with van der Waals surface area (Å²) in [5.41, 5.74) is 5.21. The summed E-state index contributed by atoms with van der Waals surface area (Å²) < 4.78 is 0. The van der Waals surface area contributed by atoms with E-state index in [9.17, 15) is 4.79 Å². The fraction of sp³-hybridized carbons (Fsp3) is 0.286. The van der Waals surface area contributed by atoms with Crippen LogP contribution in [0.25, 0.3) is 0 Å². The molecule has 3 aromatic rings. The van der Waals surface area contributed by atoms with Crippen LogP contribution in [0.1, 0.15) is 46.2 Å². The molecule has 1 aliphatic carbocycles. The lowest BCUT2D eigenvalue weighted by molar-refractivity contribution is -0.121. The molecule has 0 fully saturated rings. The molecule has 0 bridgehead atoms. The highest BCUT2D eigenvalue weighted by Crippen LogP contribution is 2.36. The maximum absolute atomic E-state index is 12.6. The molecule has 0 saturated carbocycles. The predicted octanol–water partition coefficient (Wildman–Crippen LogP) is 3.05. The summed E-state index contributed by atoms with van der Waals surface area (Å²) in [4.78, 5) is 16.9. The quantitative estimate of drug-likeness (QED) is 0.763. The summed E-state index contributed by atoms with van der Waals surface area (Å²) in [6.07, 6.45) is 2.46. The van der Waals surface area contributed by atoms with Crippen molar-refractivity contribution >= 4 is 5.91 Å². The van der Waals surface area contributed by atoms with E-state index >= 15 is 0 Å². The van der Waals surface area contributed by atoms with Crippen LogP contribution in [-0.2, 0) is 24.2 Å². The van der Waals surface area contributed by atoms with Crippen LogP contribution >= 0.6 is 0 Å². The van der Waals surface area contributed by atoms with Gasteiger partial charge >= 0.3 is 0 Å². The zero-order valence-electron chi connectivity index (χ0n) is 14.8. The fourth-order valence-electron chi connectivity index (χ4n) is 3.76. The third-order valence-electron chi connectivity index (χ3n) is 5.00. The minimum absolute atomic E-state index is 0.0176. The molecule has 132 valence electrons. The van der Waals surface area contributed by atoms with Crippen LogP contribution in [0, 0.1) is 6.92 Å². The summed E-state index contributed by atoms with van der Waals surface area (Å²) in [6, 6.07) is 17.0. The first-order chi connectivity index (χ1) is 12.7. The fourth-order valence-corrected chi connectivity index (χ4v) is 3.76. The monoisotopic (exact) mass is 346 g/mol. The highest BCUT2D eigenvalue weighted by molar-refractivity contribution is 5.77. The van der Waals surface area contributed by atoms with E-state index in [1.807, 2.05) is 6.92 Å². The van der Waals surface area contributed by atoms with E-state index in [2.05, 4.69) is 69.0 Å². The number of nitrogens with one attached hydrogen (secondary N) is 2. The maximum atomic E-state index is 12.6. The first-order valence-electron chi connectivity index (χ1n) is 9.01. The Morgan fingerprint density at radius 2 is 1.69 bits per heavy atom. The molecular formula is C21H22N4O. The first kappa shape index (κ1) is 16.5. The van der Waals surface area contributed by atoms with E-state index in [1.54, 1.807) is 0 Å². The van der Waals surface area contributed by atoms with Gasteiger partial charge in [-0.2, -0.15) is 5.10 Å². The van der Waals surface area contributed by atoms with Gasteiger partial charge in [0, 0.05) is 12.3 Å². The number of fused-ring (bicyclic) bond motifs is 2. The zero-order valence-corrected chi connectivity index (χ0v) is 14.8. The largest absolute Gasteiger partial charge is 0.349 e. The Morgan fingerprint density at radius 3 is 2.27 bits per heavy atom. The number of hydrogen-bond donors (Lipinski definition) is 2. The van der Waals surface area contributed by atoms with Gasteiger partial charge in [-0.1, -0.05) is 48.5 Å². The van der Waals surface area contributed by atoms with Crippen LogP contribution in [0.3, 0.4) is 0 Å². The van der Waals surface area contributed by atoms with Crippen LogP contribution in [0.4, 0.5) is 0 Å². The number of rotatable bonds is 4. The molecule has 1 aromatic heterocycles. The summed E-state index contributed by atoms with van der Waals surface area (Å²) in [5, 5.41) is 9.82. The number of aryl methyl sites for hydroxylation is 3.